The second-order valence-electron chi connectivity index (χ2n) is 3.50. The van der Waals surface area contributed by atoms with Gasteiger partial charge in [-0.05, 0) is 39.5 Å². The molecule has 1 heterocycles. The summed E-state index contributed by atoms with van der Waals surface area (Å²) in [5.41, 5.74) is 0. The second kappa shape index (κ2) is 3.35. The molecule has 2 atom stereocenters. The summed E-state index contributed by atoms with van der Waals surface area (Å²) < 4.78 is 0. The molecule has 0 aromatic carbocycles. The van der Waals surface area contributed by atoms with Gasteiger partial charge in [-0.2, -0.15) is 0 Å². The van der Waals surface area contributed by atoms with E-state index in [-0.39, 0.29) is 0 Å². The van der Waals surface area contributed by atoms with Gasteiger partial charge in [0.05, 0.1) is 0 Å². The third-order valence-corrected chi connectivity index (χ3v) is 2.40. The first-order valence-corrected chi connectivity index (χ1v) is 4.09. The third-order valence-electron chi connectivity index (χ3n) is 2.40. The molecular formula is C8H18N2. The molecule has 2 heteroatoms. The molecule has 0 bridgehead atoms. The van der Waals surface area contributed by atoms with E-state index in [2.05, 4.69) is 31.2 Å². The van der Waals surface area contributed by atoms with Crippen LogP contribution in [0.25, 0.3) is 0 Å². The average molecular weight is 142 g/mol. The van der Waals surface area contributed by atoms with Crippen LogP contribution in [0.3, 0.4) is 0 Å². The highest BCUT2D eigenvalue weighted by molar-refractivity contribution is 4.79. The Morgan fingerprint density at radius 3 is 2.50 bits per heavy atom. The Morgan fingerprint density at radius 2 is 2.10 bits per heavy atom. The van der Waals surface area contributed by atoms with Gasteiger partial charge in [0.2, 0.25) is 0 Å². The van der Waals surface area contributed by atoms with Gasteiger partial charge in [0.25, 0.3) is 0 Å². The minimum Gasteiger partial charge on any atom is -0.316 e. The quantitative estimate of drug-likeness (QED) is 0.575. The van der Waals surface area contributed by atoms with Crippen molar-refractivity contribution in [2.24, 2.45) is 5.92 Å². The van der Waals surface area contributed by atoms with Crippen molar-refractivity contribution in [3.8, 4) is 0 Å². The fraction of sp³-hybridized carbons (Fsp3) is 1.00. The van der Waals surface area contributed by atoms with Crippen molar-refractivity contribution in [1.82, 2.24) is 10.2 Å². The summed E-state index contributed by atoms with van der Waals surface area (Å²) >= 11 is 0. The standard InChI is InChI=1S/C8H18N2/c1-7-6-9-5-4-8(7)10(2)3/h7-9H,4-6H2,1-3H3/t7-,8+/m0/s1. The molecule has 0 saturated carbocycles. The molecule has 1 saturated heterocycles. The molecule has 10 heavy (non-hydrogen) atoms. The lowest BCUT2D eigenvalue weighted by Gasteiger charge is -2.34. The van der Waals surface area contributed by atoms with Crippen molar-refractivity contribution >= 4 is 0 Å². The summed E-state index contributed by atoms with van der Waals surface area (Å²) in [6.45, 7) is 4.69. The van der Waals surface area contributed by atoms with Crippen molar-refractivity contribution in [2.45, 2.75) is 19.4 Å². The van der Waals surface area contributed by atoms with Crippen molar-refractivity contribution < 1.29 is 0 Å². The molecule has 2 nitrogen and oxygen atoms in total. The smallest absolute Gasteiger partial charge is 0.0139 e. The molecular weight excluding hydrogens is 124 g/mol. The Kier molecular flexibility index (Phi) is 2.69. The van der Waals surface area contributed by atoms with Gasteiger partial charge in [0.1, 0.15) is 0 Å². The van der Waals surface area contributed by atoms with E-state index in [0.29, 0.717) is 0 Å². The van der Waals surface area contributed by atoms with Crippen LogP contribution < -0.4 is 5.32 Å². The normalized spacial score (nSPS) is 34.8. The van der Waals surface area contributed by atoms with Crippen LogP contribution in [0.4, 0.5) is 0 Å². The van der Waals surface area contributed by atoms with Crippen LogP contribution in [0.2, 0.25) is 0 Å². The Labute approximate surface area is 63.6 Å². The van der Waals surface area contributed by atoms with Crippen LogP contribution in [0.15, 0.2) is 0 Å². The lowest BCUT2D eigenvalue weighted by molar-refractivity contribution is 0.178. The molecule has 0 aromatic rings. The van der Waals surface area contributed by atoms with E-state index in [4.69, 9.17) is 0 Å². The van der Waals surface area contributed by atoms with Gasteiger partial charge in [-0.25, -0.2) is 0 Å². The maximum atomic E-state index is 3.39. The van der Waals surface area contributed by atoms with Gasteiger partial charge < -0.3 is 10.2 Å². The van der Waals surface area contributed by atoms with Crippen molar-refractivity contribution in [2.75, 3.05) is 27.2 Å². The van der Waals surface area contributed by atoms with Crippen molar-refractivity contribution in [3.63, 3.8) is 0 Å². The predicted molar refractivity (Wildman–Crippen MR) is 44.1 cm³/mol. The van der Waals surface area contributed by atoms with Gasteiger partial charge in [0.15, 0.2) is 0 Å². The highest BCUT2D eigenvalue weighted by Gasteiger charge is 2.21. The zero-order valence-electron chi connectivity index (χ0n) is 7.22. The fourth-order valence-electron chi connectivity index (χ4n) is 1.77. The lowest BCUT2D eigenvalue weighted by Crippen LogP contribution is -2.45. The topological polar surface area (TPSA) is 15.3 Å². The van der Waals surface area contributed by atoms with E-state index in [1.165, 1.54) is 19.5 Å². The van der Waals surface area contributed by atoms with Crippen LogP contribution in [0.5, 0.6) is 0 Å². The molecule has 0 radical (unpaired) electrons. The van der Waals surface area contributed by atoms with Crippen molar-refractivity contribution in [1.29, 1.82) is 0 Å². The van der Waals surface area contributed by atoms with Crippen LogP contribution >= 0.6 is 0 Å². The molecule has 1 N–H and O–H groups in total. The first-order valence-electron chi connectivity index (χ1n) is 4.09. The summed E-state index contributed by atoms with van der Waals surface area (Å²) in [4.78, 5) is 2.34. The highest BCUT2D eigenvalue weighted by atomic mass is 15.1. The van der Waals surface area contributed by atoms with Crippen LogP contribution in [-0.2, 0) is 0 Å². The summed E-state index contributed by atoms with van der Waals surface area (Å²) in [7, 11) is 4.35. The number of piperidine rings is 1. The first kappa shape index (κ1) is 8.02. The molecule has 0 aliphatic carbocycles. The second-order valence-corrected chi connectivity index (χ2v) is 3.50. The molecule has 0 aromatic heterocycles. The Bertz CT molecular complexity index is 101. The molecule has 0 unspecified atom stereocenters. The van der Waals surface area contributed by atoms with E-state index in [1.54, 1.807) is 0 Å². The maximum Gasteiger partial charge on any atom is 0.0139 e. The number of rotatable bonds is 1. The van der Waals surface area contributed by atoms with Crippen LogP contribution in [0, 0.1) is 5.92 Å². The Morgan fingerprint density at radius 1 is 1.40 bits per heavy atom. The maximum absolute atomic E-state index is 3.39. The van der Waals surface area contributed by atoms with E-state index in [9.17, 15) is 0 Å². The predicted octanol–water partition coefficient (Wildman–Crippen LogP) is 0.546. The highest BCUT2D eigenvalue weighted by Crippen LogP contribution is 2.14. The van der Waals surface area contributed by atoms with Gasteiger partial charge >= 0.3 is 0 Å². The van der Waals surface area contributed by atoms with Crippen LogP contribution in [0.1, 0.15) is 13.3 Å². The number of nitrogens with zero attached hydrogens (tertiary/aromatic N) is 1. The Hall–Kier alpha value is -0.0800. The summed E-state index contributed by atoms with van der Waals surface area (Å²) in [6, 6.07) is 0.793. The summed E-state index contributed by atoms with van der Waals surface area (Å²) in [5, 5.41) is 3.39. The van der Waals surface area contributed by atoms with Crippen LogP contribution in [-0.4, -0.2) is 38.1 Å². The molecule has 0 amide bonds. The minimum absolute atomic E-state index is 0.793. The molecule has 1 rings (SSSR count). The molecule has 1 aliphatic heterocycles. The first-order chi connectivity index (χ1) is 4.72. The van der Waals surface area contributed by atoms with E-state index < -0.39 is 0 Å². The third kappa shape index (κ3) is 1.70. The number of nitrogens with one attached hydrogen (secondary N) is 1. The molecule has 0 spiro atoms. The van der Waals surface area contributed by atoms with Gasteiger partial charge in [-0.15, -0.1) is 0 Å². The average Bonchev–Trinajstić information content (AvgIpc) is 1.88. The van der Waals surface area contributed by atoms with E-state index in [1.807, 2.05) is 0 Å². The SMILES string of the molecule is C[C@H]1CNCC[C@H]1N(C)C. The summed E-state index contributed by atoms with van der Waals surface area (Å²) in [6.07, 6.45) is 1.30. The van der Waals surface area contributed by atoms with Gasteiger partial charge in [-0.1, -0.05) is 6.92 Å². The lowest BCUT2D eigenvalue weighted by atomic mass is 9.95. The fourth-order valence-corrected chi connectivity index (χ4v) is 1.77. The zero-order chi connectivity index (χ0) is 7.56. The monoisotopic (exact) mass is 142 g/mol. The summed E-state index contributed by atoms with van der Waals surface area (Å²) in [5.74, 6) is 0.809. The van der Waals surface area contributed by atoms with Crippen molar-refractivity contribution in [3.05, 3.63) is 0 Å². The largest absolute Gasteiger partial charge is 0.316 e. The molecule has 60 valence electrons. The number of hydrogen-bond donors (Lipinski definition) is 1. The van der Waals surface area contributed by atoms with E-state index >= 15 is 0 Å². The minimum atomic E-state index is 0.793. The molecule has 1 fully saturated rings. The molecule has 1 aliphatic rings. The van der Waals surface area contributed by atoms with Gasteiger partial charge in [-0.3, -0.25) is 0 Å². The zero-order valence-corrected chi connectivity index (χ0v) is 7.22. The van der Waals surface area contributed by atoms with Gasteiger partial charge in [0, 0.05) is 6.04 Å². The Balaban J connectivity index is 2.40. The van der Waals surface area contributed by atoms with E-state index in [0.717, 1.165) is 12.0 Å². The number of hydrogen-bond acceptors (Lipinski definition) is 2.